The highest BCUT2D eigenvalue weighted by Gasteiger charge is 2.30. The Balaban J connectivity index is 1.77. The number of carbonyl (C=O) groups is 1. The van der Waals surface area contributed by atoms with Gasteiger partial charge < -0.3 is 15.8 Å². The van der Waals surface area contributed by atoms with Crippen LogP contribution < -0.4 is 15.8 Å². The van der Waals surface area contributed by atoms with Gasteiger partial charge in [-0.15, -0.1) is 0 Å². The van der Waals surface area contributed by atoms with Crippen LogP contribution in [0, 0.1) is 0 Å². The number of aryl methyl sites for hydroxylation is 1. The monoisotopic (exact) mass is 282 g/mol. The van der Waals surface area contributed by atoms with Crippen molar-refractivity contribution < 1.29 is 9.53 Å². The minimum Gasteiger partial charge on any atom is -0.492 e. The number of fused-ring (bicyclic) bond motifs is 1. The van der Waals surface area contributed by atoms with Gasteiger partial charge in [0.1, 0.15) is 18.3 Å². The molecule has 0 bridgehead atoms. The summed E-state index contributed by atoms with van der Waals surface area (Å²) in [6, 6.07) is 13.3. The standard InChI is InChI=1S/C17H18N2O2/c1-2-11-7-8-12(9-15(11)18)19-17(20)14-10-21-16-6-4-3-5-13(14)16/h3-9,14H,2,10,18H2,1H3,(H,19,20). The van der Waals surface area contributed by atoms with Gasteiger partial charge in [0.25, 0.3) is 0 Å². The largest absolute Gasteiger partial charge is 0.492 e. The van der Waals surface area contributed by atoms with Crippen LogP contribution >= 0.6 is 0 Å². The van der Waals surface area contributed by atoms with E-state index in [1.54, 1.807) is 6.07 Å². The normalized spacial score (nSPS) is 16.1. The van der Waals surface area contributed by atoms with Crippen molar-refractivity contribution >= 4 is 17.3 Å². The molecule has 3 N–H and O–H groups in total. The molecule has 4 nitrogen and oxygen atoms in total. The number of anilines is 2. The van der Waals surface area contributed by atoms with E-state index in [1.807, 2.05) is 36.4 Å². The third kappa shape index (κ3) is 2.57. The lowest BCUT2D eigenvalue weighted by atomic mass is 10.0. The number of carbonyl (C=O) groups excluding carboxylic acids is 1. The Bertz CT molecular complexity index is 682. The van der Waals surface area contributed by atoms with E-state index in [2.05, 4.69) is 12.2 Å². The molecule has 1 atom stereocenters. The first-order valence-corrected chi connectivity index (χ1v) is 7.10. The number of nitrogens with one attached hydrogen (secondary N) is 1. The molecular weight excluding hydrogens is 264 g/mol. The SMILES string of the molecule is CCc1ccc(NC(=O)C2COc3ccccc32)cc1N. The van der Waals surface area contributed by atoms with Crippen molar-refractivity contribution in [3.8, 4) is 5.75 Å². The molecule has 0 fully saturated rings. The highest BCUT2D eigenvalue weighted by Crippen LogP contribution is 2.34. The molecule has 1 aliphatic rings. The molecule has 108 valence electrons. The fraction of sp³-hybridized carbons (Fsp3) is 0.235. The molecule has 2 aromatic carbocycles. The second-order valence-electron chi connectivity index (χ2n) is 5.16. The van der Waals surface area contributed by atoms with Gasteiger partial charge >= 0.3 is 0 Å². The molecule has 21 heavy (non-hydrogen) atoms. The highest BCUT2D eigenvalue weighted by molar-refractivity contribution is 5.97. The molecular formula is C17H18N2O2. The summed E-state index contributed by atoms with van der Waals surface area (Å²) < 4.78 is 5.54. The molecule has 4 heteroatoms. The molecule has 0 spiro atoms. The Kier molecular flexibility index (Phi) is 3.52. The first-order chi connectivity index (χ1) is 10.2. The van der Waals surface area contributed by atoms with E-state index < -0.39 is 0 Å². The highest BCUT2D eigenvalue weighted by atomic mass is 16.5. The average Bonchev–Trinajstić information content (AvgIpc) is 2.91. The van der Waals surface area contributed by atoms with Crippen molar-refractivity contribution in [1.29, 1.82) is 0 Å². The zero-order valence-electron chi connectivity index (χ0n) is 11.9. The molecule has 1 amide bonds. The lowest BCUT2D eigenvalue weighted by molar-refractivity contribution is -0.117. The maximum absolute atomic E-state index is 12.4. The number of rotatable bonds is 3. The Morgan fingerprint density at radius 3 is 2.90 bits per heavy atom. The summed E-state index contributed by atoms with van der Waals surface area (Å²) in [4.78, 5) is 12.4. The maximum atomic E-state index is 12.4. The number of hydrogen-bond donors (Lipinski definition) is 2. The van der Waals surface area contributed by atoms with Crippen LogP contribution in [0.4, 0.5) is 11.4 Å². The van der Waals surface area contributed by atoms with Crippen molar-refractivity contribution in [2.24, 2.45) is 0 Å². The second kappa shape index (κ2) is 5.48. The van der Waals surface area contributed by atoms with Gasteiger partial charge in [-0.3, -0.25) is 4.79 Å². The van der Waals surface area contributed by atoms with E-state index in [-0.39, 0.29) is 11.8 Å². The van der Waals surface area contributed by atoms with Gasteiger partial charge in [-0.25, -0.2) is 0 Å². The van der Waals surface area contributed by atoms with E-state index in [9.17, 15) is 4.79 Å². The van der Waals surface area contributed by atoms with E-state index in [0.29, 0.717) is 12.3 Å². The van der Waals surface area contributed by atoms with Crippen LogP contribution in [-0.2, 0) is 11.2 Å². The predicted molar refractivity (Wildman–Crippen MR) is 83.5 cm³/mol. The number of ether oxygens (including phenoxy) is 1. The van der Waals surface area contributed by atoms with Crippen molar-refractivity contribution in [2.75, 3.05) is 17.7 Å². The van der Waals surface area contributed by atoms with Gasteiger partial charge in [0.2, 0.25) is 5.91 Å². The van der Waals surface area contributed by atoms with Crippen LogP contribution in [0.2, 0.25) is 0 Å². The van der Waals surface area contributed by atoms with Crippen LogP contribution in [0.15, 0.2) is 42.5 Å². The molecule has 3 rings (SSSR count). The van der Waals surface area contributed by atoms with Gasteiger partial charge in [0, 0.05) is 16.9 Å². The molecule has 1 heterocycles. The zero-order chi connectivity index (χ0) is 14.8. The lowest BCUT2D eigenvalue weighted by Crippen LogP contribution is -2.22. The van der Waals surface area contributed by atoms with Crippen molar-refractivity contribution in [3.63, 3.8) is 0 Å². The lowest BCUT2D eigenvalue weighted by Gasteiger charge is -2.12. The summed E-state index contributed by atoms with van der Waals surface area (Å²) in [5, 5.41) is 2.92. The number of hydrogen-bond acceptors (Lipinski definition) is 3. The number of amides is 1. The van der Waals surface area contributed by atoms with Crippen molar-refractivity contribution in [3.05, 3.63) is 53.6 Å². The third-order valence-corrected chi connectivity index (χ3v) is 3.81. The van der Waals surface area contributed by atoms with Gasteiger partial charge in [-0.1, -0.05) is 31.2 Å². The minimum atomic E-state index is -0.270. The summed E-state index contributed by atoms with van der Waals surface area (Å²) in [6.45, 7) is 2.43. The quantitative estimate of drug-likeness (QED) is 0.851. The Morgan fingerprint density at radius 1 is 1.33 bits per heavy atom. The van der Waals surface area contributed by atoms with Crippen LogP contribution in [0.3, 0.4) is 0 Å². The van der Waals surface area contributed by atoms with Gasteiger partial charge in [-0.05, 0) is 30.2 Å². The zero-order valence-corrected chi connectivity index (χ0v) is 11.9. The number of benzene rings is 2. The Labute approximate surface area is 123 Å². The molecule has 2 aromatic rings. The summed E-state index contributed by atoms with van der Waals surface area (Å²) in [5.41, 5.74) is 9.41. The molecule has 1 unspecified atom stereocenters. The fourth-order valence-corrected chi connectivity index (χ4v) is 2.60. The molecule has 0 aromatic heterocycles. The third-order valence-electron chi connectivity index (χ3n) is 3.81. The first kappa shape index (κ1) is 13.5. The van der Waals surface area contributed by atoms with Crippen LogP contribution in [0.1, 0.15) is 24.0 Å². The number of para-hydroxylation sites is 1. The van der Waals surface area contributed by atoms with E-state index in [1.165, 1.54) is 0 Å². The van der Waals surface area contributed by atoms with Gasteiger partial charge in [0.15, 0.2) is 0 Å². The number of nitrogens with two attached hydrogens (primary N) is 1. The maximum Gasteiger partial charge on any atom is 0.235 e. The summed E-state index contributed by atoms with van der Waals surface area (Å²) in [7, 11) is 0. The molecule has 1 aliphatic heterocycles. The average molecular weight is 282 g/mol. The molecule has 0 saturated carbocycles. The van der Waals surface area contributed by atoms with Gasteiger partial charge in [-0.2, -0.15) is 0 Å². The minimum absolute atomic E-state index is 0.0661. The molecule has 0 radical (unpaired) electrons. The summed E-state index contributed by atoms with van der Waals surface area (Å²) in [5.74, 6) is 0.454. The summed E-state index contributed by atoms with van der Waals surface area (Å²) >= 11 is 0. The van der Waals surface area contributed by atoms with Crippen molar-refractivity contribution in [2.45, 2.75) is 19.3 Å². The second-order valence-corrected chi connectivity index (χ2v) is 5.16. The van der Waals surface area contributed by atoms with Crippen LogP contribution in [-0.4, -0.2) is 12.5 Å². The molecule has 0 aliphatic carbocycles. The van der Waals surface area contributed by atoms with E-state index in [0.717, 1.165) is 29.0 Å². The van der Waals surface area contributed by atoms with Gasteiger partial charge in [0.05, 0.1) is 0 Å². The fourth-order valence-electron chi connectivity index (χ4n) is 2.60. The van der Waals surface area contributed by atoms with E-state index in [4.69, 9.17) is 10.5 Å². The Hall–Kier alpha value is -2.49. The Morgan fingerprint density at radius 2 is 2.14 bits per heavy atom. The van der Waals surface area contributed by atoms with Crippen LogP contribution in [0.25, 0.3) is 0 Å². The smallest absolute Gasteiger partial charge is 0.235 e. The summed E-state index contributed by atoms with van der Waals surface area (Å²) in [6.07, 6.45) is 0.879. The van der Waals surface area contributed by atoms with Crippen molar-refractivity contribution in [1.82, 2.24) is 0 Å². The first-order valence-electron chi connectivity index (χ1n) is 7.10. The van der Waals surface area contributed by atoms with Crippen LogP contribution in [0.5, 0.6) is 5.75 Å². The topological polar surface area (TPSA) is 64.3 Å². The van der Waals surface area contributed by atoms with E-state index >= 15 is 0 Å². The number of nitrogen functional groups attached to an aromatic ring is 1. The molecule has 0 saturated heterocycles. The predicted octanol–water partition coefficient (Wildman–Crippen LogP) is 2.95.